The van der Waals surface area contributed by atoms with Gasteiger partial charge in [-0.05, 0) is 42.2 Å². The van der Waals surface area contributed by atoms with E-state index in [-0.39, 0.29) is 12.0 Å². The summed E-state index contributed by atoms with van der Waals surface area (Å²) in [6.45, 7) is -1.16. The Kier molecular flexibility index (Phi) is 8.26. The Morgan fingerprint density at radius 2 is 1.12 bits per heavy atom. The third-order valence-corrected chi connectivity index (χ3v) is 8.42. The van der Waals surface area contributed by atoms with E-state index < -0.39 is 97.1 Å². The van der Waals surface area contributed by atoms with Crippen LogP contribution in [0.4, 0.5) is 9.59 Å². The maximum atomic E-state index is 13.1. The van der Waals surface area contributed by atoms with Crippen molar-refractivity contribution >= 4 is 55.9 Å². The summed E-state index contributed by atoms with van der Waals surface area (Å²) in [6.07, 6.45) is -0.756. The topological polar surface area (TPSA) is 242 Å². The van der Waals surface area contributed by atoms with Crippen molar-refractivity contribution in [3.63, 3.8) is 0 Å². The van der Waals surface area contributed by atoms with E-state index in [2.05, 4.69) is 0 Å². The molecule has 0 spiro atoms. The van der Waals surface area contributed by atoms with Gasteiger partial charge in [0.05, 0.1) is 9.79 Å². The van der Waals surface area contributed by atoms with Gasteiger partial charge in [-0.3, -0.25) is 48.7 Å². The summed E-state index contributed by atoms with van der Waals surface area (Å²) >= 11 is 0. The van der Waals surface area contributed by atoms with Gasteiger partial charge in [-0.25, -0.2) is 9.59 Å². The maximum Gasteiger partial charge on any atom is 0.330 e. The second kappa shape index (κ2) is 11.4. The van der Waals surface area contributed by atoms with E-state index in [1.807, 2.05) is 10.6 Å². The van der Waals surface area contributed by atoms with Crippen molar-refractivity contribution in [2.75, 3.05) is 13.1 Å². The molecule has 0 radical (unpaired) electrons. The van der Waals surface area contributed by atoms with Gasteiger partial charge in [0.25, 0.3) is 20.2 Å². The number of benzene rings is 2. The highest BCUT2D eigenvalue weighted by Crippen LogP contribution is 2.23. The van der Waals surface area contributed by atoms with Gasteiger partial charge >= 0.3 is 12.1 Å². The number of imide groups is 4. The molecule has 2 fully saturated rings. The fourth-order valence-corrected chi connectivity index (χ4v) is 5.69. The number of nitrogens with zero attached hydrogens (tertiary/aromatic N) is 2. The first-order valence-electron chi connectivity index (χ1n) is 12.0. The van der Waals surface area contributed by atoms with Gasteiger partial charge in [0, 0.05) is 13.1 Å². The highest BCUT2D eigenvalue weighted by molar-refractivity contribution is 7.86. The summed E-state index contributed by atoms with van der Waals surface area (Å²) in [7, 11) is -9.17. The molecule has 42 heavy (non-hydrogen) atoms. The molecule has 0 bridgehead atoms. The first-order valence-corrected chi connectivity index (χ1v) is 14.9. The highest BCUT2D eigenvalue weighted by atomic mass is 32.2. The lowest BCUT2D eigenvalue weighted by Gasteiger charge is -2.34. The molecule has 4 rings (SSSR count). The maximum absolute atomic E-state index is 13.1. The van der Waals surface area contributed by atoms with Crippen LogP contribution in [-0.4, -0.2) is 84.5 Å². The van der Waals surface area contributed by atoms with Gasteiger partial charge in [-0.15, -0.1) is 0 Å². The molecule has 2 aromatic rings. The molecule has 222 valence electrons. The lowest BCUT2D eigenvalue weighted by atomic mass is 9.95. The second-order valence-corrected chi connectivity index (χ2v) is 12.1. The summed E-state index contributed by atoms with van der Waals surface area (Å²) in [5.41, 5.74) is 0.252. The summed E-state index contributed by atoms with van der Waals surface area (Å²) in [6, 6.07) is 7.45. The van der Waals surface area contributed by atoms with Crippen LogP contribution in [0.1, 0.15) is 11.1 Å². The van der Waals surface area contributed by atoms with E-state index in [1.54, 1.807) is 0 Å². The van der Waals surface area contributed by atoms with Crippen molar-refractivity contribution in [2.45, 2.75) is 22.6 Å². The summed E-state index contributed by atoms with van der Waals surface area (Å²) in [5.74, 6) is -7.00. The van der Waals surface area contributed by atoms with E-state index in [4.69, 9.17) is 4.55 Å². The Morgan fingerprint density at radius 1 is 0.643 bits per heavy atom. The predicted molar refractivity (Wildman–Crippen MR) is 137 cm³/mol. The molecule has 2 aliphatic heterocycles. The molecule has 16 nitrogen and oxygen atoms in total. The van der Waals surface area contributed by atoms with Crippen molar-refractivity contribution < 1.29 is 54.7 Å². The average molecular weight is 623 g/mol. The molecule has 0 aliphatic carbocycles. The van der Waals surface area contributed by atoms with Gasteiger partial charge in [0.1, 0.15) is 11.8 Å². The Labute approximate surface area is 238 Å². The van der Waals surface area contributed by atoms with E-state index in [9.17, 15) is 50.2 Å². The Bertz CT molecular complexity index is 1720. The van der Waals surface area contributed by atoms with Crippen LogP contribution < -0.4 is 10.6 Å². The molecular formula is C24H22N4O12S2. The number of rotatable bonds is 9. The van der Waals surface area contributed by atoms with Gasteiger partial charge in [0.15, 0.2) is 0 Å². The molecular weight excluding hydrogens is 600 g/mol. The van der Waals surface area contributed by atoms with Crippen LogP contribution in [0.15, 0.2) is 58.3 Å². The highest BCUT2D eigenvalue weighted by Gasteiger charge is 2.44. The van der Waals surface area contributed by atoms with Crippen molar-refractivity contribution in [1.82, 2.24) is 20.4 Å². The lowest BCUT2D eigenvalue weighted by molar-refractivity contribution is -0.146. The first kappa shape index (κ1) is 30.4. The normalized spacial score (nSPS) is 20.0. The number of nitrogens with one attached hydrogen (secondary N) is 2. The second-order valence-electron chi connectivity index (χ2n) is 9.28. The number of carbonyl (C=O) groups is 6. The van der Waals surface area contributed by atoms with Gasteiger partial charge in [-0.1, -0.05) is 30.3 Å². The van der Waals surface area contributed by atoms with E-state index in [0.717, 1.165) is 18.2 Å². The molecule has 2 aromatic carbocycles. The molecule has 2 saturated heterocycles. The van der Waals surface area contributed by atoms with Crippen molar-refractivity contribution in [3.8, 4) is 0 Å². The third-order valence-electron chi connectivity index (χ3n) is 6.59. The molecule has 18 heteroatoms. The molecule has 2 heterocycles. The van der Waals surface area contributed by atoms with Gasteiger partial charge in [-0.2, -0.15) is 16.8 Å². The van der Waals surface area contributed by atoms with E-state index >= 15 is 0 Å². The zero-order valence-corrected chi connectivity index (χ0v) is 22.9. The van der Waals surface area contributed by atoms with Crippen LogP contribution in [0.3, 0.4) is 0 Å². The number of amides is 8. The summed E-state index contributed by atoms with van der Waals surface area (Å²) < 4.78 is 64.5. The van der Waals surface area contributed by atoms with Crippen LogP contribution in [-0.2, 0) is 52.3 Å². The fourth-order valence-electron chi connectivity index (χ4n) is 4.48. The zero-order valence-electron chi connectivity index (χ0n) is 21.3. The van der Waals surface area contributed by atoms with Gasteiger partial charge < -0.3 is 0 Å². The number of urea groups is 2. The molecule has 2 unspecified atom stereocenters. The van der Waals surface area contributed by atoms with Gasteiger partial charge in [0.2, 0.25) is 23.6 Å². The van der Waals surface area contributed by atoms with Crippen molar-refractivity contribution in [2.24, 2.45) is 11.8 Å². The summed E-state index contributed by atoms with van der Waals surface area (Å²) in [4.78, 5) is 76.1. The predicted octanol–water partition coefficient (Wildman–Crippen LogP) is -0.646. The number of carbonyl (C=O) groups excluding carboxylic acids is 6. The number of hydrogen-bond donors (Lipinski definition) is 4. The molecule has 0 aromatic heterocycles. The number of barbiturate groups is 2. The molecule has 8 amide bonds. The fraction of sp³-hybridized carbons (Fsp3) is 0.250. The SMILES string of the molecule is O=C1NC(=O)N(CCN2C(=O)NC(=O)C(Cc3ccccc3S(=O)(=O)O)C2=O)C(=O)C1Cc1ccc(S(=O)(=O)O)cc1. The van der Waals surface area contributed by atoms with Crippen LogP contribution >= 0.6 is 0 Å². The minimum Gasteiger partial charge on any atom is -0.282 e. The monoisotopic (exact) mass is 622 g/mol. The Hall–Kier alpha value is -4.52. The quantitative estimate of drug-likeness (QED) is 0.202. The summed E-state index contributed by atoms with van der Waals surface area (Å²) in [5, 5.41) is 3.96. The van der Waals surface area contributed by atoms with Crippen molar-refractivity contribution in [3.05, 3.63) is 59.7 Å². The largest absolute Gasteiger partial charge is 0.330 e. The lowest BCUT2D eigenvalue weighted by Crippen LogP contribution is -2.62. The molecule has 2 atom stereocenters. The van der Waals surface area contributed by atoms with Crippen LogP contribution in [0, 0.1) is 11.8 Å². The van der Waals surface area contributed by atoms with Crippen LogP contribution in [0.25, 0.3) is 0 Å². The molecule has 2 aliphatic rings. The standard InChI is InChI=1S/C24H22N4O12S2/c29-19-16(11-13-5-7-15(8-6-13)41(35,36)37)21(31)27(23(33)25-19)9-10-28-22(32)17(20(30)26-24(28)34)12-14-3-1-2-4-18(14)42(38,39)40/h1-8,16-17H,9-12H2,(H,25,29,33)(H,26,30,34)(H,35,36,37)(H,38,39,40). The van der Waals surface area contributed by atoms with E-state index in [0.29, 0.717) is 15.4 Å². The minimum atomic E-state index is -4.70. The Balaban J connectivity index is 1.48. The van der Waals surface area contributed by atoms with Crippen LogP contribution in [0.2, 0.25) is 0 Å². The smallest absolute Gasteiger partial charge is 0.282 e. The van der Waals surface area contributed by atoms with E-state index in [1.165, 1.54) is 30.3 Å². The Morgan fingerprint density at radius 3 is 1.60 bits per heavy atom. The number of hydrogen-bond acceptors (Lipinski definition) is 10. The zero-order chi connectivity index (χ0) is 31.0. The third kappa shape index (κ3) is 6.35. The molecule has 4 N–H and O–H groups in total. The molecule has 0 saturated carbocycles. The first-order chi connectivity index (χ1) is 19.6. The average Bonchev–Trinajstić information content (AvgIpc) is 2.89. The van der Waals surface area contributed by atoms with Crippen molar-refractivity contribution in [1.29, 1.82) is 0 Å². The minimum absolute atomic E-state index is 0.0700. The van der Waals surface area contributed by atoms with Crippen LogP contribution in [0.5, 0.6) is 0 Å².